The first-order chi connectivity index (χ1) is 6.00. The lowest BCUT2D eigenvalue weighted by molar-refractivity contribution is 0.427. The molecule has 0 aromatic heterocycles. The summed E-state index contributed by atoms with van der Waals surface area (Å²) in [5.74, 6) is -6.82. The van der Waals surface area contributed by atoms with Crippen LogP contribution in [0.15, 0.2) is 4.47 Å². The van der Waals surface area contributed by atoms with Gasteiger partial charge in [-0.3, -0.25) is 0 Å². The van der Waals surface area contributed by atoms with Gasteiger partial charge in [-0.2, -0.15) is 5.26 Å². The summed E-state index contributed by atoms with van der Waals surface area (Å²) in [6.07, 6.45) is 0. The van der Waals surface area contributed by atoms with Gasteiger partial charge in [0.15, 0.2) is 23.3 Å². The maximum atomic E-state index is 12.8. The van der Waals surface area contributed by atoms with Gasteiger partial charge >= 0.3 is 0 Å². The second-order valence-electron chi connectivity index (χ2n) is 2.06. The van der Waals surface area contributed by atoms with Crippen LogP contribution in [-0.4, -0.2) is 0 Å². The molecule has 0 radical (unpaired) electrons. The average molecular weight is 254 g/mol. The topological polar surface area (TPSA) is 23.8 Å². The summed E-state index contributed by atoms with van der Waals surface area (Å²) in [6, 6.07) is 1.09. The maximum Gasteiger partial charge on any atom is 0.197 e. The van der Waals surface area contributed by atoms with Crippen molar-refractivity contribution in [3.8, 4) is 6.07 Å². The van der Waals surface area contributed by atoms with Gasteiger partial charge in [-0.25, -0.2) is 17.6 Å². The second-order valence-corrected chi connectivity index (χ2v) is 2.85. The molecule has 6 heteroatoms. The minimum absolute atomic E-state index is 0.886. The molecule has 0 spiro atoms. The van der Waals surface area contributed by atoms with Crippen LogP contribution in [-0.2, 0) is 0 Å². The van der Waals surface area contributed by atoms with Crippen LogP contribution in [0.2, 0.25) is 0 Å². The van der Waals surface area contributed by atoms with Crippen molar-refractivity contribution in [2.75, 3.05) is 0 Å². The molecule has 0 aliphatic heterocycles. The Morgan fingerprint density at radius 1 is 0.923 bits per heavy atom. The van der Waals surface area contributed by atoms with E-state index < -0.39 is 33.3 Å². The van der Waals surface area contributed by atoms with Gasteiger partial charge in [-0.1, -0.05) is 0 Å². The van der Waals surface area contributed by atoms with Crippen molar-refractivity contribution in [2.24, 2.45) is 0 Å². The van der Waals surface area contributed by atoms with Crippen molar-refractivity contribution in [3.63, 3.8) is 0 Å². The van der Waals surface area contributed by atoms with E-state index in [9.17, 15) is 17.6 Å². The van der Waals surface area contributed by atoms with Gasteiger partial charge in [-0.05, 0) is 15.9 Å². The summed E-state index contributed by atoms with van der Waals surface area (Å²) in [5.41, 5.74) is -1.15. The molecule has 0 aliphatic carbocycles. The Morgan fingerprint density at radius 3 is 1.92 bits per heavy atom. The summed E-state index contributed by atoms with van der Waals surface area (Å²) in [7, 11) is 0. The third-order valence-corrected chi connectivity index (χ3v) is 2.02. The van der Waals surface area contributed by atoms with Crippen LogP contribution in [0.5, 0.6) is 0 Å². The first-order valence-corrected chi connectivity index (χ1v) is 3.71. The Balaban J connectivity index is 3.69. The maximum absolute atomic E-state index is 12.8. The van der Waals surface area contributed by atoms with E-state index in [2.05, 4.69) is 15.9 Å². The molecule has 1 aromatic carbocycles. The summed E-state index contributed by atoms with van der Waals surface area (Å²) in [5, 5.41) is 8.20. The van der Waals surface area contributed by atoms with Crippen LogP contribution >= 0.6 is 15.9 Å². The summed E-state index contributed by atoms with van der Waals surface area (Å²) in [6.45, 7) is 0. The highest BCUT2D eigenvalue weighted by Gasteiger charge is 2.23. The SMILES string of the molecule is N#Cc1c(F)c(F)c(F)c(Br)c1F. The fraction of sp³-hybridized carbons (Fsp3) is 0. The zero-order valence-electron chi connectivity index (χ0n) is 5.84. The Morgan fingerprint density at radius 2 is 1.46 bits per heavy atom. The number of nitrogens with zero attached hydrogens (tertiary/aromatic N) is 1. The molecule has 0 unspecified atom stereocenters. The lowest BCUT2D eigenvalue weighted by Gasteiger charge is -2.01. The second kappa shape index (κ2) is 3.34. The number of hydrogen-bond donors (Lipinski definition) is 0. The van der Waals surface area contributed by atoms with Gasteiger partial charge in [0.1, 0.15) is 11.6 Å². The van der Waals surface area contributed by atoms with Crippen molar-refractivity contribution in [1.29, 1.82) is 5.26 Å². The third-order valence-electron chi connectivity index (χ3n) is 1.32. The fourth-order valence-corrected chi connectivity index (χ4v) is 1.08. The lowest BCUT2D eigenvalue weighted by Crippen LogP contribution is -2.01. The van der Waals surface area contributed by atoms with Crippen molar-refractivity contribution in [1.82, 2.24) is 0 Å². The molecule has 0 fully saturated rings. The van der Waals surface area contributed by atoms with E-state index in [-0.39, 0.29) is 0 Å². The van der Waals surface area contributed by atoms with Crippen molar-refractivity contribution < 1.29 is 17.6 Å². The number of rotatable bonds is 0. The molecular formula is C7BrF4N. The van der Waals surface area contributed by atoms with Crippen LogP contribution in [0.1, 0.15) is 5.56 Å². The predicted octanol–water partition coefficient (Wildman–Crippen LogP) is 2.88. The number of benzene rings is 1. The smallest absolute Gasteiger partial charge is 0.197 e. The van der Waals surface area contributed by atoms with E-state index >= 15 is 0 Å². The monoisotopic (exact) mass is 253 g/mol. The molecule has 0 heterocycles. The lowest BCUT2D eigenvalue weighted by atomic mass is 10.2. The molecule has 0 saturated carbocycles. The predicted molar refractivity (Wildman–Crippen MR) is 38.7 cm³/mol. The van der Waals surface area contributed by atoms with Gasteiger partial charge in [0.25, 0.3) is 0 Å². The Hall–Kier alpha value is -1.09. The molecule has 0 N–H and O–H groups in total. The van der Waals surface area contributed by atoms with E-state index in [0.717, 1.165) is 6.07 Å². The largest absolute Gasteiger partial charge is 0.204 e. The highest BCUT2D eigenvalue weighted by molar-refractivity contribution is 9.10. The van der Waals surface area contributed by atoms with E-state index in [1.807, 2.05) is 0 Å². The number of hydrogen-bond acceptors (Lipinski definition) is 1. The van der Waals surface area contributed by atoms with Gasteiger partial charge in [-0.15, -0.1) is 0 Å². The van der Waals surface area contributed by atoms with E-state index in [1.54, 1.807) is 0 Å². The average Bonchev–Trinajstić information content (AvgIpc) is 2.13. The quantitative estimate of drug-likeness (QED) is 0.396. The zero-order chi connectivity index (χ0) is 10.2. The molecular weight excluding hydrogens is 254 g/mol. The van der Waals surface area contributed by atoms with Crippen LogP contribution in [0, 0.1) is 34.6 Å². The molecule has 1 nitrogen and oxygen atoms in total. The first-order valence-electron chi connectivity index (χ1n) is 2.92. The highest BCUT2D eigenvalue weighted by Crippen LogP contribution is 2.27. The molecule has 1 rings (SSSR count). The standard InChI is InChI=1S/C7BrF4N/c8-3-4(9)2(1-13)5(10)7(12)6(3)11. The number of nitriles is 1. The summed E-state index contributed by atoms with van der Waals surface area (Å²) < 4.78 is 49.6. The molecule has 13 heavy (non-hydrogen) atoms. The molecule has 1 aromatic rings. The summed E-state index contributed by atoms with van der Waals surface area (Å²) >= 11 is 2.35. The van der Waals surface area contributed by atoms with Crippen LogP contribution in [0.3, 0.4) is 0 Å². The third kappa shape index (κ3) is 1.40. The molecule has 0 saturated heterocycles. The molecule has 0 atom stereocenters. The van der Waals surface area contributed by atoms with E-state index in [4.69, 9.17) is 5.26 Å². The molecule has 68 valence electrons. The fourth-order valence-electron chi connectivity index (χ4n) is 0.703. The first kappa shape index (κ1) is 9.99. The van der Waals surface area contributed by atoms with Crippen molar-refractivity contribution in [2.45, 2.75) is 0 Å². The van der Waals surface area contributed by atoms with E-state index in [0.29, 0.717) is 0 Å². The Bertz CT molecular complexity index is 381. The van der Waals surface area contributed by atoms with E-state index in [1.165, 1.54) is 0 Å². The minimum Gasteiger partial charge on any atom is -0.204 e. The summed E-state index contributed by atoms with van der Waals surface area (Å²) in [4.78, 5) is 0. The Labute approximate surface area is 78.7 Å². The van der Waals surface area contributed by atoms with Gasteiger partial charge < -0.3 is 0 Å². The van der Waals surface area contributed by atoms with Crippen LogP contribution in [0.25, 0.3) is 0 Å². The van der Waals surface area contributed by atoms with Crippen molar-refractivity contribution in [3.05, 3.63) is 33.3 Å². The molecule has 0 amide bonds. The number of halogens is 5. The van der Waals surface area contributed by atoms with Gasteiger partial charge in [0.05, 0.1) is 4.47 Å². The van der Waals surface area contributed by atoms with Gasteiger partial charge in [0.2, 0.25) is 0 Å². The molecule has 0 aliphatic rings. The van der Waals surface area contributed by atoms with Crippen LogP contribution in [0.4, 0.5) is 17.6 Å². The normalized spacial score (nSPS) is 9.85. The van der Waals surface area contributed by atoms with Crippen LogP contribution < -0.4 is 0 Å². The Kier molecular flexibility index (Phi) is 2.57. The van der Waals surface area contributed by atoms with Gasteiger partial charge in [0, 0.05) is 0 Å². The minimum atomic E-state index is -1.87. The zero-order valence-corrected chi connectivity index (χ0v) is 7.42. The highest BCUT2D eigenvalue weighted by atomic mass is 79.9. The van der Waals surface area contributed by atoms with Crippen molar-refractivity contribution >= 4 is 15.9 Å². The molecule has 0 bridgehead atoms.